The molecule has 2 N–H and O–H groups in total. The Morgan fingerprint density at radius 1 is 1.20 bits per heavy atom. The molecule has 1 aromatic heterocycles. The summed E-state index contributed by atoms with van der Waals surface area (Å²) in [5, 5.41) is 0. The van der Waals surface area contributed by atoms with Gasteiger partial charge in [0.05, 0.1) is 16.1 Å². The number of hydrogen-bond acceptors (Lipinski definition) is 4. The molecule has 108 valence electrons. The van der Waals surface area contributed by atoms with E-state index >= 15 is 0 Å². The molecular formula is C14H15Br2NO2S. The molecule has 0 bridgehead atoms. The number of nitrogens with two attached hydrogens (primary N) is 1. The van der Waals surface area contributed by atoms with Crippen LogP contribution in [0.5, 0.6) is 11.5 Å². The Morgan fingerprint density at radius 3 is 2.40 bits per heavy atom. The molecule has 6 heteroatoms. The monoisotopic (exact) mass is 419 g/mol. The lowest BCUT2D eigenvalue weighted by atomic mass is 10.2. The Hall–Kier alpha value is -0.560. The molecule has 1 heterocycles. The number of methoxy groups -OCH3 is 1. The van der Waals surface area contributed by atoms with E-state index in [9.17, 15) is 0 Å². The van der Waals surface area contributed by atoms with Crippen molar-refractivity contribution in [2.75, 3.05) is 13.7 Å². The van der Waals surface area contributed by atoms with Crippen LogP contribution in [-0.2, 0) is 0 Å². The Labute approximate surface area is 139 Å². The molecule has 0 aliphatic heterocycles. The molecule has 20 heavy (non-hydrogen) atoms. The summed E-state index contributed by atoms with van der Waals surface area (Å²) in [5.74, 6) is 1.49. The van der Waals surface area contributed by atoms with Crippen LogP contribution in [0.3, 0.4) is 0 Å². The van der Waals surface area contributed by atoms with Gasteiger partial charge in [-0.1, -0.05) is 0 Å². The van der Waals surface area contributed by atoms with Gasteiger partial charge in [-0.3, -0.25) is 0 Å². The van der Waals surface area contributed by atoms with E-state index in [1.165, 1.54) is 4.88 Å². The summed E-state index contributed by atoms with van der Waals surface area (Å²) < 4.78 is 13.0. The number of rotatable bonds is 5. The smallest absolute Gasteiger partial charge is 0.145 e. The summed E-state index contributed by atoms with van der Waals surface area (Å²) in [4.78, 5) is 2.38. The van der Waals surface area contributed by atoms with Crippen LogP contribution in [-0.4, -0.2) is 13.7 Å². The van der Waals surface area contributed by atoms with Crippen molar-refractivity contribution >= 4 is 43.2 Å². The maximum absolute atomic E-state index is 6.03. The molecule has 1 unspecified atom stereocenters. The van der Waals surface area contributed by atoms with Gasteiger partial charge in [0, 0.05) is 16.3 Å². The van der Waals surface area contributed by atoms with Gasteiger partial charge in [-0.15, -0.1) is 11.3 Å². The zero-order valence-electron chi connectivity index (χ0n) is 11.2. The second kappa shape index (κ2) is 6.93. The van der Waals surface area contributed by atoms with Gasteiger partial charge in [0.1, 0.15) is 17.6 Å². The predicted molar refractivity (Wildman–Crippen MR) is 89.9 cm³/mol. The van der Waals surface area contributed by atoms with E-state index in [1.807, 2.05) is 12.1 Å². The van der Waals surface area contributed by atoms with Crippen molar-refractivity contribution in [2.24, 2.45) is 5.73 Å². The maximum atomic E-state index is 6.03. The molecular weight excluding hydrogens is 406 g/mol. The van der Waals surface area contributed by atoms with Crippen molar-refractivity contribution in [1.29, 1.82) is 0 Å². The fraction of sp³-hybridized carbons (Fsp3) is 0.286. The molecule has 2 aromatic rings. The lowest BCUT2D eigenvalue weighted by molar-refractivity contribution is 0.216. The summed E-state index contributed by atoms with van der Waals surface area (Å²) >= 11 is 8.65. The minimum Gasteiger partial charge on any atom is -0.496 e. The van der Waals surface area contributed by atoms with Crippen molar-refractivity contribution < 1.29 is 9.47 Å². The van der Waals surface area contributed by atoms with Gasteiger partial charge in [0.25, 0.3) is 0 Å². The standard InChI is InChI=1S/C14H15Br2NO2S/c1-8-3-4-14(20-8)13(7-17)19-12-6-9(15)11(18-2)5-10(12)16/h3-6,13H,7,17H2,1-2H3. The van der Waals surface area contributed by atoms with Crippen LogP contribution in [0.1, 0.15) is 15.9 Å². The average molecular weight is 421 g/mol. The lowest BCUT2D eigenvalue weighted by Crippen LogP contribution is -2.17. The average Bonchev–Trinajstić information content (AvgIpc) is 2.85. The largest absolute Gasteiger partial charge is 0.496 e. The van der Waals surface area contributed by atoms with Crippen LogP contribution in [0.2, 0.25) is 0 Å². The highest BCUT2D eigenvalue weighted by molar-refractivity contribution is 9.11. The van der Waals surface area contributed by atoms with Crippen molar-refractivity contribution in [3.05, 3.63) is 43.0 Å². The van der Waals surface area contributed by atoms with Crippen LogP contribution < -0.4 is 15.2 Å². The summed E-state index contributed by atoms with van der Waals surface area (Å²) in [7, 11) is 1.63. The van der Waals surface area contributed by atoms with Crippen LogP contribution in [0, 0.1) is 6.92 Å². The van der Waals surface area contributed by atoms with Crippen molar-refractivity contribution in [1.82, 2.24) is 0 Å². The van der Waals surface area contributed by atoms with Crippen LogP contribution in [0.4, 0.5) is 0 Å². The summed E-state index contributed by atoms with van der Waals surface area (Å²) in [6, 6.07) is 7.88. The predicted octanol–water partition coefficient (Wildman–Crippen LogP) is 4.67. The molecule has 0 amide bonds. The first-order valence-electron chi connectivity index (χ1n) is 6.01. The highest BCUT2D eigenvalue weighted by Gasteiger charge is 2.16. The summed E-state index contributed by atoms with van der Waals surface area (Å²) in [5.41, 5.74) is 5.84. The fourth-order valence-corrected chi connectivity index (χ4v) is 3.58. The van der Waals surface area contributed by atoms with E-state index < -0.39 is 0 Å². The summed E-state index contributed by atoms with van der Waals surface area (Å²) in [6.45, 7) is 2.50. The van der Waals surface area contributed by atoms with Gasteiger partial charge in [0.15, 0.2) is 0 Å². The zero-order valence-corrected chi connectivity index (χ0v) is 15.1. The third-order valence-electron chi connectivity index (χ3n) is 2.77. The molecule has 2 rings (SSSR count). The Kier molecular flexibility index (Phi) is 5.49. The van der Waals surface area contributed by atoms with Gasteiger partial charge >= 0.3 is 0 Å². The van der Waals surface area contributed by atoms with Gasteiger partial charge in [0.2, 0.25) is 0 Å². The number of hydrogen-bond donors (Lipinski definition) is 1. The molecule has 0 aliphatic rings. The number of aryl methyl sites for hydroxylation is 1. The van der Waals surface area contributed by atoms with E-state index in [2.05, 4.69) is 50.9 Å². The van der Waals surface area contributed by atoms with Gasteiger partial charge in [-0.25, -0.2) is 0 Å². The summed E-state index contributed by atoms with van der Waals surface area (Å²) in [6.07, 6.45) is -0.148. The van der Waals surface area contributed by atoms with E-state index in [4.69, 9.17) is 15.2 Å². The van der Waals surface area contributed by atoms with Crippen molar-refractivity contribution in [3.8, 4) is 11.5 Å². The molecule has 0 saturated carbocycles. The number of ether oxygens (including phenoxy) is 2. The SMILES string of the molecule is COc1cc(Br)c(OC(CN)c2ccc(C)s2)cc1Br. The van der Waals surface area contributed by atoms with Gasteiger partial charge in [-0.05, 0) is 63.0 Å². The second-order valence-corrected chi connectivity index (χ2v) is 7.24. The van der Waals surface area contributed by atoms with Crippen molar-refractivity contribution in [3.63, 3.8) is 0 Å². The van der Waals surface area contributed by atoms with Crippen LogP contribution in [0.15, 0.2) is 33.2 Å². The highest BCUT2D eigenvalue weighted by atomic mass is 79.9. The quantitative estimate of drug-likeness (QED) is 0.764. The maximum Gasteiger partial charge on any atom is 0.145 e. The first kappa shape index (κ1) is 15.8. The molecule has 0 radical (unpaired) electrons. The van der Waals surface area contributed by atoms with E-state index in [0.29, 0.717) is 6.54 Å². The van der Waals surface area contributed by atoms with Gasteiger partial charge < -0.3 is 15.2 Å². The third-order valence-corrected chi connectivity index (χ3v) is 5.10. The molecule has 0 aliphatic carbocycles. The minimum atomic E-state index is -0.148. The molecule has 0 saturated heterocycles. The fourth-order valence-electron chi connectivity index (χ4n) is 1.76. The Morgan fingerprint density at radius 2 is 1.85 bits per heavy atom. The Bertz CT molecular complexity index is 601. The second-order valence-electron chi connectivity index (χ2n) is 4.21. The van der Waals surface area contributed by atoms with Gasteiger partial charge in [-0.2, -0.15) is 0 Å². The van der Waals surface area contributed by atoms with E-state index in [-0.39, 0.29) is 6.10 Å². The molecule has 3 nitrogen and oxygen atoms in total. The molecule has 0 spiro atoms. The van der Waals surface area contributed by atoms with E-state index in [0.717, 1.165) is 25.3 Å². The topological polar surface area (TPSA) is 44.5 Å². The zero-order chi connectivity index (χ0) is 14.7. The number of thiophene rings is 1. The highest BCUT2D eigenvalue weighted by Crippen LogP contribution is 2.38. The van der Waals surface area contributed by atoms with Crippen LogP contribution >= 0.6 is 43.2 Å². The van der Waals surface area contributed by atoms with Crippen LogP contribution in [0.25, 0.3) is 0 Å². The molecule has 0 fully saturated rings. The Balaban J connectivity index is 2.26. The third kappa shape index (κ3) is 3.55. The molecule has 1 aromatic carbocycles. The first-order chi connectivity index (χ1) is 9.55. The molecule has 1 atom stereocenters. The normalized spacial score (nSPS) is 12.2. The van der Waals surface area contributed by atoms with Crippen molar-refractivity contribution in [2.45, 2.75) is 13.0 Å². The number of benzene rings is 1. The number of halogens is 2. The first-order valence-corrected chi connectivity index (χ1v) is 8.41. The lowest BCUT2D eigenvalue weighted by Gasteiger charge is -2.18. The minimum absolute atomic E-state index is 0.148. The van der Waals surface area contributed by atoms with E-state index in [1.54, 1.807) is 18.4 Å².